The van der Waals surface area contributed by atoms with Crippen LogP contribution in [0.3, 0.4) is 0 Å². The second kappa shape index (κ2) is 4.22. The van der Waals surface area contributed by atoms with Gasteiger partial charge in [-0.15, -0.1) is 0 Å². The number of halogens is 1. The van der Waals surface area contributed by atoms with Crippen LogP contribution in [0.5, 0.6) is 0 Å². The number of alkyl halides is 1. The van der Waals surface area contributed by atoms with Crippen LogP contribution in [0.25, 0.3) is 0 Å². The molecular formula is C4H11IN2O. The van der Waals surface area contributed by atoms with Crippen molar-refractivity contribution in [1.29, 1.82) is 5.41 Å². The molecule has 0 aliphatic rings. The Morgan fingerprint density at radius 2 is 2.38 bits per heavy atom. The van der Waals surface area contributed by atoms with E-state index in [4.69, 9.17) is 14.6 Å². The fourth-order valence-electron chi connectivity index (χ4n) is 0.245. The number of nitrogens with two attached hydrogens (primary N) is 1. The van der Waals surface area contributed by atoms with Gasteiger partial charge >= 0.3 is 56.4 Å². The molecule has 0 rings (SSSR count). The van der Waals surface area contributed by atoms with Crippen molar-refractivity contribution >= 4 is 24.0 Å². The Hall–Kier alpha value is 0.320. The predicted octanol–water partition coefficient (Wildman–Crippen LogP) is 0.356. The van der Waals surface area contributed by atoms with Crippen LogP contribution in [0.2, 0.25) is 0 Å². The monoisotopic (exact) mass is 230 g/mol. The quantitative estimate of drug-likeness (QED) is 0.372. The normalized spacial score (nSPS) is 11.1. The summed E-state index contributed by atoms with van der Waals surface area (Å²) in [4.78, 5) is 0. The topological polar surface area (TPSA) is 70.1 Å². The maximum atomic E-state index is 8.98. The van der Waals surface area contributed by atoms with Gasteiger partial charge in [0.15, 0.2) is 0 Å². The number of nitrogens with one attached hydrogen (secondary N) is 1. The third-order valence-electron chi connectivity index (χ3n) is 0.615. The molecule has 0 saturated carbocycles. The summed E-state index contributed by atoms with van der Waals surface area (Å²) >= 11 is -1.97. The van der Waals surface area contributed by atoms with Gasteiger partial charge in [0, 0.05) is 0 Å². The van der Waals surface area contributed by atoms with Crippen LogP contribution in [-0.4, -0.2) is 18.1 Å². The molecule has 8 heavy (non-hydrogen) atoms. The molecule has 0 radical (unpaired) electrons. The van der Waals surface area contributed by atoms with Crippen molar-refractivity contribution in [2.24, 2.45) is 5.73 Å². The summed E-state index contributed by atoms with van der Waals surface area (Å²) in [5, 5.41) is 6.97. The summed E-state index contributed by atoms with van der Waals surface area (Å²) in [5.41, 5.74) is 5.15. The minimum absolute atomic E-state index is 0.444. The summed E-state index contributed by atoms with van der Waals surface area (Å²) in [6, 6.07) is 0. The van der Waals surface area contributed by atoms with Gasteiger partial charge in [-0.2, -0.15) is 0 Å². The molecule has 0 aromatic rings. The van der Waals surface area contributed by atoms with Crippen LogP contribution in [0.4, 0.5) is 0 Å². The van der Waals surface area contributed by atoms with E-state index in [-0.39, 0.29) is 0 Å². The molecule has 0 spiro atoms. The Bertz CT molecular complexity index is 86.1. The average molecular weight is 230 g/mol. The molecule has 0 atom stereocenters. The molecule has 3 nitrogen and oxygen atoms in total. The van der Waals surface area contributed by atoms with Crippen molar-refractivity contribution in [3.05, 3.63) is 0 Å². The van der Waals surface area contributed by atoms with Gasteiger partial charge in [-0.1, -0.05) is 0 Å². The third-order valence-corrected chi connectivity index (χ3v) is 4.13. The standard InChI is InChI=1S/C4H11IN2O/c1-4(7)5(8)2-3-6/h7-8H,2-3,6H2,1H3. The number of hydrogen-bond donors (Lipinski definition) is 3. The van der Waals surface area contributed by atoms with Crippen molar-refractivity contribution in [1.82, 2.24) is 0 Å². The fourth-order valence-corrected chi connectivity index (χ4v) is 1.64. The van der Waals surface area contributed by atoms with Crippen LogP contribution in [-0.2, 0) is 0 Å². The summed E-state index contributed by atoms with van der Waals surface area (Å²) < 4.78 is 10.1. The molecule has 0 amide bonds. The summed E-state index contributed by atoms with van der Waals surface area (Å²) in [6.45, 7) is 2.15. The molecule has 4 N–H and O–H groups in total. The van der Waals surface area contributed by atoms with Gasteiger partial charge in [0.05, 0.1) is 0 Å². The van der Waals surface area contributed by atoms with E-state index in [1.807, 2.05) is 0 Å². The second-order valence-corrected chi connectivity index (χ2v) is 5.97. The first-order valence-corrected chi connectivity index (χ1v) is 5.85. The molecule has 0 fully saturated rings. The van der Waals surface area contributed by atoms with Crippen molar-refractivity contribution in [2.75, 3.05) is 11.0 Å². The molecule has 0 unspecified atom stereocenters. The Morgan fingerprint density at radius 1 is 1.88 bits per heavy atom. The van der Waals surface area contributed by atoms with Gasteiger partial charge in [0.25, 0.3) is 0 Å². The first-order chi connectivity index (χ1) is 3.68. The number of hydrogen-bond acceptors (Lipinski definition) is 3. The van der Waals surface area contributed by atoms with E-state index in [1.54, 1.807) is 6.92 Å². The van der Waals surface area contributed by atoms with E-state index in [0.717, 1.165) is 0 Å². The summed E-state index contributed by atoms with van der Waals surface area (Å²) in [5.74, 6) is 0. The zero-order valence-corrected chi connectivity index (χ0v) is 6.97. The SMILES string of the molecule is CC(=N)I(O)CCN. The van der Waals surface area contributed by atoms with E-state index in [2.05, 4.69) is 0 Å². The summed E-state index contributed by atoms with van der Waals surface area (Å²) in [7, 11) is 0. The molecule has 0 aromatic carbocycles. The molecular weight excluding hydrogens is 219 g/mol. The molecule has 0 aliphatic carbocycles. The molecule has 0 aliphatic heterocycles. The Kier molecular flexibility index (Phi) is 4.39. The zero-order valence-electron chi connectivity index (χ0n) is 4.82. The van der Waals surface area contributed by atoms with Crippen LogP contribution < -0.4 is 5.73 Å². The van der Waals surface area contributed by atoms with Crippen molar-refractivity contribution < 1.29 is 3.44 Å². The van der Waals surface area contributed by atoms with E-state index in [0.29, 0.717) is 14.7 Å². The van der Waals surface area contributed by atoms with Gasteiger partial charge in [0.2, 0.25) is 0 Å². The molecule has 0 bridgehead atoms. The Morgan fingerprint density at radius 3 is 2.50 bits per heavy atom. The van der Waals surface area contributed by atoms with E-state index >= 15 is 0 Å². The molecule has 0 aromatic heterocycles. The van der Waals surface area contributed by atoms with Crippen LogP contribution in [0, 0.1) is 5.41 Å². The third kappa shape index (κ3) is 3.34. The van der Waals surface area contributed by atoms with E-state index in [1.165, 1.54) is 0 Å². The molecule has 0 saturated heterocycles. The summed E-state index contributed by atoms with van der Waals surface area (Å²) in [6.07, 6.45) is 0. The maximum absolute atomic E-state index is 8.98. The molecule has 0 heterocycles. The Labute approximate surface area is 56.7 Å². The van der Waals surface area contributed by atoms with E-state index < -0.39 is 20.2 Å². The minimum atomic E-state index is -1.97. The van der Waals surface area contributed by atoms with Gasteiger partial charge in [-0.3, -0.25) is 0 Å². The van der Waals surface area contributed by atoms with Crippen molar-refractivity contribution in [3.63, 3.8) is 0 Å². The predicted molar refractivity (Wildman–Crippen MR) is 43.6 cm³/mol. The van der Waals surface area contributed by atoms with Crippen molar-refractivity contribution in [2.45, 2.75) is 6.92 Å². The fraction of sp³-hybridized carbons (Fsp3) is 0.750. The number of rotatable bonds is 3. The van der Waals surface area contributed by atoms with Crippen LogP contribution >= 0.6 is 20.2 Å². The van der Waals surface area contributed by atoms with Gasteiger partial charge < -0.3 is 0 Å². The van der Waals surface area contributed by atoms with Gasteiger partial charge in [0.1, 0.15) is 0 Å². The van der Waals surface area contributed by atoms with E-state index in [9.17, 15) is 0 Å². The average Bonchev–Trinajstić information content (AvgIpc) is 1.67. The zero-order chi connectivity index (χ0) is 6.57. The van der Waals surface area contributed by atoms with Gasteiger partial charge in [-0.25, -0.2) is 0 Å². The Balaban J connectivity index is 3.32. The second-order valence-electron chi connectivity index (χ2n) is 1.35. The first-order valence-electron chi connectivity index (χ1n) is 2.28. The van der Waals surface area contributed by atoms with Crippen LogP contribution in [0.1, 0.15) is 6.92 Å². The molecule has 50 valence electrons. The van der Waals surface area contributed by atoms with Gasteiger partial charge in [-0.05, 0) is 0 Å². The van der Waals surface area contributed by atoms with Crippen LogP contribution in [0.15, 0.2) is 0 Å². The first kappa shape index (κ1) is 8.32. The van der Waals surface area contributed by atoms with Crippen molar-refractivity contribution in [3.8, 4) is 0 Å². The molecule has 4 heteroatoms.